The minimum atomic E-state index is -0.497. The fourth-order valence-electron chi connectivity index (χ4n) is 3.35. The van der Waals surface area contributed by atoms with Crippen LogP contribution in [0.15, 0.2) is 42.5 Å². The lowest BCUT2D eigenvalue weighted by Gasteiger charge is -2.29. The summed E-state index contributed by atoms with van der Waals surface area (Å²) in [5.74, 6) is 0.577. The van der Waals surface area contributed by atoms with Gasteiger partial charge in [-0.15, -0.1) is 0 Å². The highest BCUT2D eigenvalue weighted by atomic mass is 16.6. The van der Waals surface area contributed by atoms with E-state index in [0.717, 1.165) is 28.9 Å². The average molecular weight is 381 g/mol. The van der Waals surface area contributed by atoms with Gasteiger partial charge in [0.1, 0.15) is 11.4 Å². The van der Waals surface area contributed by atoms with E-state index in [2.05, 4.69) is 0 Å². The third-order valence-corrected chi connectivity index (χ3v) is 4.64. The predicted octanol–water partition coefficient (Wildman–Crippen LogP) is 3.78. The van der Waals surface area contributed by atoms with E-state index in [4.69, 9.17) is 9.47 Å². The van der Waals surface area contributed by atoms with E-state index in [-0.39, 0.29) is 18.3 Å². The molecule has 0 aliphatic carbocycles. The summed E-state index contributed by atoms with van der Waals surface area (Å²) in [6.45, 7) is 6.80. The maximum absolute atomic E-state index is 12.9. The molecule has 0 saturated carbocycles. The Morgan fingerprint density at radius 2 is 1.75 bits per heavy atom. The predicted molar refractivity (Wildman–Crippen MR) is 107 cm³/mol. The number of methoxy groups -OCH3 is 1. The molecule has 5 nitrogen and oxygen atoms in total. The minimum absolute atomic E-state index is 0.0286. The second kappa shape index (κ2) is 8.05. The summed E-state index contributed by atoms with van der Waals surface area (Å²) in [5.41, 5.74) is 3.16. The Balaban J connectivity index is 1.68. The highest BCUT2D eigenvalue weighted by Gasteiger charge is 2.25. The summed E-state index contributed by atoms with van der Waals surface area (Å²) in [5, 5.41) is 0. The second-order valence-electron chi connectivity index (χ2n) is 8.08. The molecule has 0 atom stereocenters. The normalized spacial score (nSPS) is 13.9. The zero-order chi connectivity index (χ0) is 20.3. The van der Waals surface area contributed by atoms with Crippen LogP contribution in [0.1, 0.15) is 47.8 Å². The zero-order valence-electron chi connectivity index (χ0n) is 17.0. The monoisotopic (exact) mass is 381 g/mol. The van der Waals surface area contributed by atoms with Gasteiger partial charge in [0.2, 0.25) is 0 Å². The van der Waals surface area contributed by atoms with E-state index < -0.39 is 5.60 Å². The highest BCUT2D eigenvalue weighted by molar-refractivity contribution is 5.97. The van der Waals surface area contributed by atoms with Gasteiger partial charge in [0.05, 0.1) is 13.5 Å². The fraction of sp³-hybridized carbons (Fsp3) is 0.391. The van der Waals surface area contributed by atoms with Gasteiger partial charge >= 0.3 is 5.97 Å². The lowest BCUT2D eigenvalue weighted by Crippen LogP contribution is -2.37. The molecule has 28 heavy (non-hydrogen) atoms. The zero-order valence-corrected chi connectivity index (χ0v) is 17.0. The molecule has 0 radical (unpaired) electrons. The number of benzene rings is 2. The standard InChI is InChI=1S/C23H27NO4/c1-23(2,3)28-21(25)14-17-7-10-20-18(13-17)11-12-24(22(20)26)15-16-5-8-19(27-4)9-6-16/h5-10,13H,11-12,14-15H2,1-4H3. The summed E-state index contributed by atoms with van der Waals surface area (Å²) < 4.78 is 10.6. The minimum Gasteiger partial charge on any atom is -0.497 e. The van der Waals surface area contributed by atoms with Crippen LogP contribution in [0, 0.1) is 0 Å². The van der Waals surface area contributed by atoms with E-state index in [0.29, 0.717) is 18.7 Å². The van der Waals surface area contributed by atoms with E-state index in [1.165, 1.54) is 0 Å². The second-order valence-corrected chi connectivity index (χ2v) is 8.08. The van der Waals surface area contributed by atoms with Gasteiger partial charge in [-0.2, -0.15) is 0 Å². The van der Waals surface area contributed by atoms with Gasteiger partial charge in [-0.3, -0.25) is 9.59 Å². The smallest absolute Gasteiger partial charge is 0.310 e. The van der Waals surface area contributed by atoms with E-state index in [9.17, 15) is 9.59 Å². The number of fused-ring (bicyclic) bond motifs is 1. The molecule has 0 aromatic heterocycles. The van der Waals surface area contributed by atoms with Crippen molar-refractivity contribution in [3.05, 3.63) is 64.7 Å². The first-order chi connectivity index (χ1) is 13.2. The first-order valence-electron chi connectivity index (χ1n) is 9.51. The van der Waals surface area contributed by atoms with Crippen molar-refractivity contribution in [3.8, 4) is 5.75 Å². The van der Waals surface area contributed by atoms with Crippen molar-refractivity contribution in [1.29, 1.82) is 0 Å². The Hall–Kier alpha value is -2.82. The quantitative estimate of drug-likeness (QED) is 0.740. The number of rotatable bonds is 5. The molecular weight excluding hydrogens is 354 g/mol. The molecule has 0 spiro atoms. The van der Waals surface area contributed by atoms with Crippen molar-refractivity contribution in [3.63, 3.8) is 0 Å². The van der Waals surface area contributed by atoms with Crippen molar-refractivity contribution < 1.29 is 19.1 Å². The fourth-order valence-corrected chi connectivity index (χ4v) is 3.35. The third-order valence-electron chi connectivity index (χ3n) is 4.64. The van der Waals surface area contributed by atoms with Crippen LogP contribution >= 0.6 is 0 Å². The number of esters is 1. The molecule has 5 heteroatoms. The Labute approximate surface area is 166 Å². The maximum Gasteiger partial charge on any atom is 0.310 e. The van der Waals surface area contributed by atoms with E-state index in [1.807, 2.05) is 68.1 Å². The van der Waals surface area contributed by atoms with Crippen LogP contribution in [0.25, 0.3) is 0 Å². The molecule has 0 fully saturated rings. The number of nitrogens with zero attached hydrogens (tertiary/aromatic N) is 1. The first-order valence-corrected chi connectivity index (χ1v) is 9.51. The van der Waals surface area contributed by atoms with Crippen molar-refractivity contribution in [2.75, 3.05) is 13.7 Å². The molecule has 1 heterocycles. The van der Waals surface area contributed by atoms with Gasteiger partial charge < -0.3 is 14.4 Å². The maximum atomic E-state index is 12.9. The summed E-state index contributed by atoms with van der Waals surface area (Å²) >= 11 is 0. The highest BCUT2D eigenvalue weighted by Crippen LogP contribution is 2.23. The van der Waals surface area contributed by atoms with Crippen LogP contribution in [0.3, 0.4) is 0 Å². The van der Waals surface area contributed by atoms with E-state index >= 15 is 0 Å². The molecule has 1 aliphatic heterocycles. The molecular formula is C23H27NO4. The average Bonchev–Trinajstić information content (AvgIpc) is 2.63. The van der Waals surface area contributed by atoms with E-state index in [1.54, 1.807) is 7.11 Å². The van der Waals surface area contributed by atoms with Crippen molar-refractivity contribution in [2.24, 2.45) is 0 Å². The summed E-state index contributed by atoms with van der Waals surface area (Å²) in [6.07, 6.45) is 0.994. The number of hydrogen-bond acceptors (Lipinski definition) is 4. The number of carbonyl (C=O) groups excluding carboxylic acids is 2. The van der Waals surface area contributed by atoms with Crippen molar-refractivity contribution in [2.45, 2.75) is 45.8 Å². The van der Waals surface area contributed by atoms with Gasteiger partial charge in [0, 0.05) is 18.7 Å². The topological polar surface area (TPSA) is 55.8 Å². The van der Waals surface area contributed by atoms with Gasteiger partial charge in [-0.1, -0.05) is 24.3 Å². The van der Waals surface area contributed by atoms with Crippen LogP contribution in [0.5, 0.6) is 5.75 Å². The molecule has 0 N–H and O–H groups in total. The lowest BCUT2D eigenvalue weighted by molar-refractivity contribution is -0.153. The molecule has 1 aliphatic rings. The first kappa shape index (κ1) is 19.9. The molecule has 3 rings (SSSR count). The lowest BCUT2D eigenvalue weighted by atomic mass is 9.95. The Bertz CT molecular complexity index is 865. The largest absolute Gasteiger partial charge is 0.497 e. The van der Waals surface area contributed by atoms with Crippen LogP contribution in [0.4, 0.5) is 0 Å². The number of hydrogen-bond donors (Lipinski definition) is 0. The molecule has 0 bridgehead atoms. The van der Waals surface area contributed by atoms with Gasteiger partial charge in [0.15, 0.2) is 0 Å². The van der Waals surface area contributed by atoms with Gasteiger partial charge in [-0.05, 0) is 62.1 Å². The molecule has 2 aromatic rings. The molecule has 0 unspecified atom stereocenters. The summed E-state index contributed by atoms with van der Waals surface area (Å²) in [4.78, 5) is 26.8. The summed E-state index contributed by atoms with van der Waals surface area (Å²) in [6, 6.07) is 13.4. The van der Waals surface area contributed by atoms with Crippen LogP contribution < -0.4 is 4.74 Å². The molecule has 2 aromatic carbocycles. The molecule has 0 saturated heterocycles. The number of ether oxygens (including phenoxy) is 2. The van der Waals surface area contributed by atoms with Crippen LogP contribution in [0.2, 0.25) is 0 Å². The Morgan fingerprint density at radius 3 is 2.39 bits per heavy atom. The molecule has 1 amide bonds. The SMILES string of the molecule is COc1ccc(CN2CCc3cc(CC(=O)OC(C)(C)C)ccc3C2=O)cc1. The van der Waals surface area contributed by atoms with Gasteiger partial charge in [0.25, 0.3) is 5.91 Å². The third kappa shape index (κ3) is 4.91. The van der Waals surface area contributed by atoms with Crippen LogP contribution in [-0.2, 0) is 28.9 Å². The Kier molecular flexibility index (Phi) is 5.73. The summed E-state index contributed by atoms with van der Waals surface area (Å²) in [7, 11) is 1.64. The molecule has 148 valence electrons. The van der Waals surface area contributed by atoms with Crippen molar-refractivity contribution in [1.82, 2.24) is 4.90 Å². The Morgan fingerprint density at radius 1 is 1.07 bits per heavy atom. The number of carbonyl (C=O) groups is 2. The van der Waals surface area contributed by atoms with Gasteiger partial charge in [-0.25, -0.2) is 0 Å². The van der Waals surface area contributed by atoms with Crippen LogP contribution in [-0.4, -0.2) is 36.0 Å². The van der Waals surface area contributed by atoms with Crippen molar-refractivity contribution >= 4 is 11.9 Å². The number of amides is 1.